The van der Waals surface area contributed by atoms with Crippen molar-refractivity contribution >= 4 is 5.91 Å². The van der Waals surface area contributed by atoms with Crippen molar-refractivity contribution in [1.29, 1.82) is 5.26 Å². The van der Waals surface area contributed by atoms with Crippen molar-refractivity contribution in [2.24, 2.45) is 0 Å². The minimum atomic E-state index is -0.464. The SMILES string of the molecule is CN(C)Cc1ccc2c(c1)C(C#N)N(CCCN1CCOCC1)C2=O. The number of nitrogens with zero attached hydrogens (tertiary/aromatic N) is 4. The molecule has 134 valence electrons. The summed E-state index contributed by atoms with van der Waals surface area (Å²) in [5.41, 5.74) is 2.67. The van der Waals surface area contributed by atoms with E-state index in [4.69, 9.17) is 4.74 Å². The van der Waals surface area contributed by atoms with Crippen LogP contribution in [0.2, 0.25) is 0 Å². The number of rotatable bonds is 6. The first kappa shape index (κ1) is 17.9. The fourth-order valence-electron chi connectivity index (χ4n) is 3.60. The Morgan fingerprint density at radius 3 is 2.72 bits per heavy atom. The van der Waals surface area contributed by atoms with Gasteiger partial charge in [0, 0.05) is 43.9 Å². The molecule has 0 spiro atoms. The molecule has 0 aliphatic carbocycles. The monoisotopic (exact) mass is 342 g/mol. The summed E-state index contributed by atoms with van der Waals surface area (Å²) in [5, 5.41) is 9.64. The lowest BCUT2D eigenvalue weighted by Crippen LogP contribution is -2.38. The zero-order valence-electron chi connectivity index (χ0n) is 15.1. The molecule has 6 nitrogen and oxygen atoms in total. The molecule has 0 radical (unpaired) electrons. The van der Waals surface area contributed by atoms with E-state index in [0.29, 0.717) is 12.1 Å². The Balaban J connectivity index is 1.66. The number of hydrogen-bond acceptors (Lipinski definition) is 5. The molecule has 1 amide bonds. The van der Waals surface area contributed by atoms with Gasteiger partial charge in [-0.3, -0.25) is 9.69 Å². The van der Waals surface area contributed by atoms with E-state index >= 15 is 0 Å². The molecule has 1 fully saturated rings. The standard InChI is InChI=1S/C19H26N4O2/c1-21(2)14-15-4-5-16-17(12-15)18(13-20)23(19(16)24)7-3-6-22-8-10-25-11-9-22/h4-5,12,18H,3,6-11,14H2,1-2H3. The summed E-state index contributed by atoms with van der Waals surface area (Å²) in [6, 6.07) is 7.75. The quantitative estimate of drug-likeness (QED) is 0.784. The van der Waals surface area contributed by atoms with Crippen molar-refractivity contribution < 1.29 is 9.53 Å². The van der Waals surface area contributed by atoms with Crippen molar-refractivity contribution in [3.8, 4) is 6.07 Å². The summed E-state index contributed by atoms with van der Waals surface area (Å²) >= 11 is 0. The van der Waals surface area contributed by atoms with Gasteiger partial charge in [0.1, 0.15) is 6.04 Å². The van der Waals surface area contributed by atoms with Crippen LogP contribution in [0.4, 0.5) is 0 Å². The molecule has 0 saturated carbocycles. The molecular formula is C19H26N4O2. The lowest BCUT2D eigenvalue weighted by Gasteiger charge is -2.28. The molecule has 0 bridgehead atoms. The molecule has 0 aromatic heterocycles. The van der Waals surface area contributed by atoms with E-state index in [1.54, 1.807) is 4.90 Å². The van der Waals surface area contributed by atoms with Crippen LogP contribution in [0.1, 0.15) is 33.9 Å². The Labute approximate surface area is 149 Å². The number of morpholine rings is 1. The third kappa shape index (κ3) is 4.01. The molecule has 2 heterocycles. The summed E-state index contributed by atoms with van der Waals surface area (Å²) < 4.78 is 5.36. The summed E-state index contributed by atoms with van der Waals surface area (Å²) in [7, 11) is 4.02. The lowest BCUT2D eigenvalue weighted by atomic mass is 10.0. The summed E-state index contributed by atoms with van der Waals surface area (Å²) in [6.45, 7) is 5.82. The van der Waals surface area contributed by atoms with Crippen LogP contribution in [0.15, 0.2) is 18.2 Å². The van der Waals surface area contributed by atoms with Crippen LogP contribution in [-0.4, -0.2) is 74.1 Å². The zero-order chi connectivity index (χ0) is 17.8. The van der Waals surface area contributed by atoms with E-state index in [1.165, 1.54) is 0 Å². The van der Waals surface area contributed by atoms with Gasteiger partial charge < -0.3 is 14.5 Å². The highest BCUT2D eigenvalue weighted by Gasteiger charge is 2.36. The fourth-order valence-corrected chi connectivity index (χ4v) is 3.60. The molecule has 0 N–H and O–H groups in total. The normalized spacial score (nSPS) is 20.8. The van der Waals surface area contributed by atoms with Gasteiger partial charge in [-0.05, 0) is 32.1 Å². The van der Waals surface area contributed by atoms with Crippen LogP contribution in [0.5, 0.6) is 0 Å². The first-order valence-electron chi connectivity index (χ1n) is 8.88. The second-order valence-electron chi connectivity index (χ2n) is 7.00. The first-order valence-corrected chi connectivity index (χ1v) is 8.88. The molecule has 2 aliphatic heterocycles. The molecule has 2 aliphatic rings. The molecule has 6 heteroatoms. The van der Waals surface area contributed by atoms with Crippen molar-refractivity contribution in [2.45, 2.75) is 19.0 Å². The number of carbonyl (C=O) groups excluding carboxylic acids is 1. The van der Waals surface area contributed by atoms with Gasteiger partial charge in [-0.25, -0.2) is 0 Å². The van der Waals surface area contributed by atoms with Gasteiger partial charge in [0.05, 0.1) is 19.3 Å². The van der Waals surface area contributed by atoms with E-state index in [9.17, 15) is 10.1 Å². The highest BCUT2D eigenvalue weighted by molar-refractivity contribution is 5.99. The molecule has 1 unspecified atom stereocenters. The molecule has 1 saturated heterocycles. The van der Waals surface area contributed by atoms with Gasteiger partial charge in [0.25, 0.3) is 5.91 Å². The maximum absolute atomic E-state index is 12.7. The second kappa shape index (κ2) is 7.96. The van der Waals surface area contributed by atoms with E-state index in [2.05, 4.69) is 15.9 Å². The number of fused-ring (bicyclic) bond motifs is 1. The Kier molecular flexibility index (Phi) is 5.69. The smallest absolute Gasteiger partial charge is 0.255 e. The van der Waals surface area contributed by atoms with E-state index in [0.717, 1.165) is 56.9 Å². The van der Waals surface area contributed by atoms with Gasteiger partial charge in [0.15, 0.2) is 0 Å². The Morgan fingerprint density at radius 2 is 2.04 bits per heavy atom. The van der Waals surface area contributed by atoms with Gasteiger partial charge >= 0.3 is 0 Å². The number of carbonyl (C=O) groups is 1. The summed E-state index contributed by atoms with van der Waals surface area (Å²) in [5.74, 6) is -0.0140. The fraction of sp³-hybridized carbons (Fsp3) is 0.579. The highest BCUT2D eigenvalue weighted by atomic mass is 16.5. The van der Waals surface area contributed by atoms with E-state index < -0.39 is 6.04 Å². The predicted molar refractivity (Wildman–Crippen MR) is 95.1 cm³/mol. The van der Waals surface area contributed by atoms with Crippen LogP contribution < -0.4 is 0 Å². The molecule has 3 rings (SSSR count). The van der Waals surface area contributed by atoms with Crippen LogP contribution in [0.25, 0.3) is 0 Å². The van der Waals surface area contributed by atoms with Crippen molar-refractivity contribution in [1.82, 2.24) is 14.7 Å². The van der Waals surface area contributed by atoms with Crippen LogP contribution >= 0.6 is 0 Å². The van der Waals surface area contributed by atoms with Gasteiger partial charge in [-0.2, -0.15) is 5.26 Å². The maximum atomic E-state index is 12.7. The summed E-state index contributed by atoms with van der Waals surface area (Å²) in [6.07, 6.45) is 0.877. The third-order valence-electron chi connectivity index (χ3n) is 4.81. The molecule has 25 heavy (non-hydrogen) atoms. The summed E-state index contributed by atoms with van der Waals surface area (Å²) in [4.78, 5) is 18.9. The maximum Gasteiger partial charge on any atom is 0.255 e. The minimum Gasteiger partial charge on any atom is -0.379 e. The van der Waals surface area contributed by atoms with Crippen molar-refractivity contribution in [3.63, 3.8) is 0 Å². The average molecular weight is 342 g/mol. The number of hydrogen-bond donors (Lipinski definition) is 0. The van der Waals surface area contributed by atoms with Crippen molar-refractivity contribution in [2.75, 3.05) is 53.5 Å². The van der Waals surface area contributed by atoms with Crippen molar-refractivity contribution in [3.05, 3.63) is 34.9 Å². The van der Waals surface area contributed by atoms with Gasteiger partial charge in [-0.1, -0.05) is 12.1 Å². The minimum absolute atomic E-state index is 0.0140. The molecule has 1 aromatic rings. The Morgan fingerprint density at radius 1 is 1.28 bits per heavy atom. The van der Waals surface area contributed by atoms with Crippen LogP contribution in [0.3, 0.4) is 0 Å². The topological polar surface area (TPSA) is 59.8 Å². The van der Waals surface area contributed by atoms with Crippen LogP contribution in [0, 0.1) is 11.3 Å². The lowest BCUT2D eigenvalue weighted by molar-refractivity contribution is 0.0355. The van der Waals surface area contributed by atoms with Gasteiger partial charge in [0.2, 0.25) is 0 Å². The van der Waals surface area contributed by atoms with Crippen LogP contribution in [-0.2, 0) is 11.3 Å². The largest absolute Gasteiger partial charge is 0.379 e. The Hall–Kier alpha value is -1.94. The number of ether oxygens (including phenoxy) is 1. The third-order valence-corrected chi connectivity index (χ3v) is 4.81. The number of benzene rings is 1. The van der Waals surface area contributed by atoms with E-state index in [1.807, 2.05) is 32.3 Å². The Bertz CT molecular complexity index is 662. The zero-order valence-corrected chi connectivity index (χ0v) is 15.1. The molecule has 1 atom stereocenters. The van der Waals surface area contributed by atoms with E-state index in [-0.39, 0.29) is 5.91 Å². The number of amides is 1. The molecule has 1 aromatic carbocycles. The number of nitriles is 1. The van der Waals surface area contributed by atoms with Gasteiger partial charge in [-0.15, -0.1) is 0 Å². The first-order chi connectivity index (χ1) is 12.1. The average Bonchev–Trinajstić information content (AvgIpc) is 2.86. The molecular weight excluding hydrogens is 316 g/mol. The predicted octanol–water partition coefficient (Wildman–Crippen LogP) is 1.49. The second-order valence-corrected chi connectivity index (χ2v) is 7.00. The highest BCUT2D eigenvalue weighted by Crippen LogP contribution is 2.34.